The smallest absolute Gasteiger partial charge is 0.265 e. The highest BCUT2D eigenvalue weighted by atomic mass is 16.3. The first-order valence-corrected chi connectivity index (χ1v) is 8.63. The molecule has 1 aliphatic rings. The maximum absolute atomic E-state index is 11.9. The Morgan fingerprint density at radius 1 is 1.38 bits per heavy atom. The van der Waals surface area contributed by atoms with Gasteiger partial charge in [-0.2, -0.15) is 0 Å². The van der Waals surface area contributed by atoms with E-state index in [4.69, 9.17) is 0 Å². The van der Waals surface area contributed by atoms with Crippen LogP contribution in [0.2, 0.25) is 0 Å². The number of carbonyl (C=O) groups excluding carboxylic acids is 1. The minimum Gasteiger partial charge on any atom is -0.396 e. The van der Waals surface area contributed by atoms with E-state index in [9.17, 15) is 9.90 Å². The second-order valence-electron chi connectivity index (χ2n) is 6.29. The number of aromatic nitrogens is 2. The van der Waals surface area contributed by atoms with Gasteiger partial charge in [0.15, 0.2) is 5.82 Å². The normalized spacial score (nSPS) is 16.5. The van der Waals surface area contributed by atoms with Gasteiger partial charge in [0.25, 0.3) is 5.91 Å². The second-order valence-corrected chi connectivity index (χ2v) is 6.29. The molecule has 1 aromatic carbocycles. The standard InChI is InChI=1S/C19H23N5O2/c1-12-17(23-13(2)19(26)20-3)18(22-11-21-12)24-10-14(8-9-25)15-6-4-5-7-16(15)24/h4-7,11,14,25H,8-10H2,1-3H3,(H,20,26). The summed E-state index contributed by atoms with van der Waals surface area (Å²) in [7, 11) is 1.58. The number of para-hydroxylation sites is 1. The highest BCUT2D eigenvalue weighted by Gasteiger charge is 2.31. The third-order valence-corrected chi connectivity index (χ3v) is 4.62. The predicted octanol–water partition coefficient (Wildman–Crippen LogP) is 2.24. The molecule has 1 unspecified atom stereocenters. The zero-order chi connectivity index (χ0) is 18.7. The topological polar surface area (TPSA) is 90.7 Å². The van der Waals surface area contributed by atoms with Crippen molar-refractivity contribution in [1.82, 2.24) is 15.3 Å². The van der Waals surface area contributed by atoms with Crippen molar-refractivity contribution in [2.75, 3.05) is 25.1 Å². The van der Waals surface area contributed by atoms with Gasteiger partial charge in [0.05, 0.1) is 5.69 Å². The van der Waals surface area contributed by atoms with Gasteiger partial charge in [-0.1, -0.05) is 18.2 Å². The highest BCUT2D eigenvalue weighted by Crippen LogP contribution is 2.44. The molecule has 7 nitrogen and oxygen atoms in total. The van der Waals surface area contributed by atoms with Crippen molar-refractivity contribution in [2.45, 2.75) is 26.2 Å². The molecule has 0 spiro atoms. The molecule has 3 rings (SSSR count). The van der Waals surface area contributed by atoms with Gasteiger partial charge in [0, 0.05) is 31.8 Å². The number of nitrogens with one attached hydrogen (secondary N) is 1. The Morgan fingerprint density at radius 3 is 2.88 bits per heavy atom. The zero-order valence-electron chi connectivity index (χ0n) is 15.2. The third kappa shape index (κ3) is 3.30. The number of aliphatic hydroxyl groups is 1. The molecule has 0 saturated heterocycles. The number of hydrogen-bond donors (Lipinski definition) is 2. The van der Waals surface area contributed by atoms with E-state index in [1.54, 1.807) is 14.0 Å². The molecule has 2 N–H and O–H groups in total. The minimum atomic E-state index is -0.237. The number of carbonyl (C=O) groups is 1. The van der Waals surface area contributed by atoms with Gasteiger partial charge in [0.1, 0.15) is 17.7 Å². The third-order valence-electron chi connectivity index (χ3n) is 4.62. The van der Waals surface area contributed by atoms with E-state index >= 15 is 0 Å². The molecule has 26 heavy (non-hydrogen) atoms. The molecule has 136 valence electrons. The van der Waals surface area contributed by atoms with Gasteiger partial charge in [-0.05, 0) is 31.9 Å². The van der Waals surface area contributed by atoms with E-state index in [-0.39, 0.29) is 18.4 Å². The number of hydrogen-bond acceptors (Lipinski definition) is 6. The molecule has 1 aliphatic heterocycles. The van der Waals surface area contributed by atoms with Crippen LogP contribution in [0.3, 0.4) is 0 Å². The van der Waals surface area contributed by atoms with Crippen molar-refractivity contribution in [3.05, 3.63) is 41.9 Å². The van der Waals surface area contributed by atoms with E-state index in [0.717, 1.165) is 5.69 Å². The van der Waals surface area contributed by atoms with Crippen LogP contribution >= 0.6 is 0 Å². The number of aliphatic hydroxyl groups excluding tert-OH is 1. The maximum atomic E-state index is 11.9. The molecular formula is C19H23N5O2. The number of aliphatic imine (C=N–C) groups is 1. The SMILES string of the molecule is CNC(=O)C(C)=Nc1c(C)ncnc1N1CC(CCO)c2ccccc21. The monoisotopic (exact) mass is 353 g/mol. The molecule has 2 aromatic rings. The van der Waals surface area contributed by atoms with E-state index in [1.165, 1.54) is 11.9 Å². The number of fused-ring (bicyclic) bond motifs is 1. The van der Waals surface area contributed by atoms with Crippen molar-refractivity contribution < 1.29 is 9.90 Å². The van der Waals surface area contributed by atoms with Crippen LogP contribution in [0, 0.1) is 6.92 Å². The molecule has 0 radical (unpaired) electrons. The Kier molecular flexibility index (Phi) is 5.27. The molecule has 7 heteroatoms. The van der Waals surface area contributed by atoms with Crippen LogP contribution < -0.4 is 10.2 Å². The van der Waals surface area contributed by atoms with E-state index in [1.807, 2.05) is 25.1 Å². The van der Waals surface area contributed by atoms with Crippen LogP contribution in [0.1, 0.15) is 30.5 Å². The van der Waals surface area contributed by atoms with Crippen molar-refractivity contribution >= 4 is 28.8 Å². The van der Waals surface area contributed by atoms with Gasteiger partial charge >= 0.3 is 0 Å². The van der Waals surface area contributed by atoms with Crippen molar-refractivity contribution in [2.24, 2.45) is 4.99 Å². The molecule has 0 aliphatic carbocycles. The Morgan fingerprint density at radius 2 is 2.15 bits per heavy atom. The summed E-state index contributed by atoms with van der Waals surface area (Å²) in [5.74, 6) is 0.663. The minimum absolute atomic E-state index is 0.135. The van der Waals surface area contributed by atoms with Crippen molar-refractivity contribution in [3.63, 3.8) is 0 Å². The number of anilines is 2. The molecule has 0 fully saturated rings. The van der Waals surface area contributed by atoms with E-state index in [2.05, 4.69) is 31.2 Å². The van der Waals surface area contributed by atoms with Gasteiger partial charge in [-0.25, -0.2) is 15.0 Å². The van der Waals surface area contributed by atoms with Crippen LogP contribution in [-0.4, -0.2) is 46.9 Å². The lowest BCUT2D eigenvalue weighted by atomic mass is 9.99. The van der Waals surface area contributed by atoms with Gasteiger partial charge in [-0.15, -0.1) is 0 Å². The molecule has 0 bridgehead atoms. The first-order valence-electron chi connectivity index (χ1n) is 8.63. The van der Waals surface area contributed by atoms with Gasteiger partial charge < -0.3 is 15.3 Å². The predicted molar refractivity (Wildman–Crippen MR) is 101 cm³/mol. The van der Waals surface area contributed by atoms with Crippen LogP contribution in [0.15, 0.2) is 35.6 Å². The Hall–Kier alpha value is -2.80. The fraction of sp³-hybridized carbons (Fsp3) is 0.368. The highest BCUT2D eigenvalue weighted by molar-refractivity contribution is 6.38. The largest absolute Gasteiger partial charge is 0.396 e. The lowest BCUT2D eigenvalue weighted by Crippen LogP contribution is -2.25. The van der Waals surface area contributed by atoms with Gasteiger partial charge in [-0.3, -0.25) is 4.79 Å². The number of benzene rings is 1. The molecule has 1 atom stereocenters. The molecule has 2 heterocycles. The first-order chi connectivity index (χ1) is 12.6. The fourth-order valence-electron chi connectivity index (χ4n) is 3.28. The summed E-state index contributed by atoms with van der Waals surface area (Å²) in [5.41, 5.74) is 3.90. The molecule has 1 aromatic heterocycles. The number of nitrogens with zero attached hydrogens (tertiary/aromatic N) is 4. The molecule has 1 amide bonds. The van der Waals surface area contributed by atoms with E-state index in [0.29, 0.717) is 35.9 Å². The summed E-state index contributed by atoms with van der Waals surface area (Å²) in [6.45, 7) is 4.37. The average Bonchev–Trinajstić information content (AvgIpc) is 3.01. The van der Waals surface area contributed by atoms with Crippen LogP contribution in [0.4, 0.5) is 17.2 Å². The Balaban J connectivity index is 2.08. The quantitative estimate of drug-likeness (QED) is 0.805. The van der Waals surface area contributed by atoms with Crippen LogP contribution in [0.25, 0.3) is 0 Å². The summed E-state index contributed by atoms with van der Waals surface area (Å²) < 4.78 is 0. The average molecular weight is 353 g/mol. The second kappa shape index (κ2) is 7.61. The molecular weight excluding hydrogens is 330 g/mol. The van der Waals surface area contributed by atoms with Crippen LogP contribution in [0.5, 0.6) is 0 Å². The van der Waals surface area contributed by atoms with Crippen molar-refractivity contribution in [3.8, 4) is 0 Å². The van der Waals surface area contributed by atoms with Crippen LogP contribution in [-0.2, 0) is 4.79 Å². The number of rotatable bonds is 5. The van der Waals surface area contributed by atoms with Gasteiger partial charge in [0.2, 0.25) is 0 Å². The summed E-state index contributed by atoms with van der Waals surface area (Å²) in [6, 6.07) is 8.12. The molecule has 0 saturated carbocycles. The van der Waals surface area contributed by atoms with Crippen molar-refractivity contribution in [1.29, 1.82) is 0 Å². The fourth-order valence-corrected chi connectivity index (χ4v) is 3.28. The summed E-state index contributed by atoms with van der Waals surface area (Å²) in [5, 5.41) is 12.0. The lowest BCUT2D eigenvalue weighted by Gasteiger charge is -2.21. The Bertz CT molecular complexity index is 850. The Labute approximate surface area is 152 Å². The number of aryl methyl sites for hydroxylation is 1. The first kappa shape index (κ1) is 18.0. The van der Waals surface area contributed by atoms with E-state index < -0.39 is 0 Å². The zero-order valence-corrected chi connectivity index (χ0v) is 15.2. The lowest BCUT2D eigenvalue weighted by molar-refractivity contribution is -0.114. The summed E-state index contributed by atoms with van der Waals surface area (Å²) in [6.07, 6.45) is 2.20. The summed E-state index contributed by atoms with van der Waals surface area (Å²) in [4.78, 5) is 27.2. The number of amides is 1. The maximum Gasteiger partial charge on any atom is 0.265 e. The summed E-state index contributed by atoms with van der Waals surface area (Å²) >= 11 is 0.